The Balaban J connectivity index is 2.05. The van der Waals surface area contributed by atoms with Gasteiger partial charge in [-0.1, -0.05) is 0 Å². The maximum Gasteiger partial charge on any atom is 0.335 e. The van der Waals surface area contributed by atoms with Crippen LogP contribution in [0.5, 0.6) is 11.5 Å². The summed E-state index contributed by atoms with van der Waals surface area (Å²) in [7, 11) is 13.5. The second kappa shape index (κ2) is 12.3. The predicted molar refractivity (Wildman–Crippen MR) is 149 cm³/mol. The van der Waals surface area contributed by atoms with Gasteiger partial charge >= 0.3 is 11.9 Å². The monoisotopic (exact) mass is 524 g/mol. The van der Waals surface area contributed by atoms with Crippen molar-refractivity contribution in [2.24, 2.45) is 0 Å². The molecule has 0 aromatic heterocycles. The summed E-state index contributed by atoms with van der Waals surface area (Å²) in [5, 5.41) is 6.62. The minimum absolute atomic E-state index is 0.159. The molecule has 10 heteroatoms. The number of methoxy groups -OCH3 is 4. The van der Waals surface area contributed by atoms with Crippen molar-refractivity contribution >= 4 is 34.7 Å². The van der Waals surface area contributed by atoms with Gasteiger partial charge in [-0.25, -0.2) is 9.59 Å². The molecule has 1 aliphatic rings. The third-order valence-corrected chi connectivity index (χ3v) is 6.26. The Labute approximate surface area is 223 Å². The summed E-state index contributed by atoms with van der Waals surface area (Å²) in [6, 6.07) is 10.8. The normalized spacial score (nSPS) is 14.7. The molecule has 1 atom stereocenters. The maximum atomic E-state index is 12.9. The number of hydrogen-bond acceptors (Lipinski definition) is 10. The zero-order chi connectivity index (χ0) is 28.0. The largest absolute Gasteiger partial charge is 0.495 e. The van der Waals surface area contributed by atoms with Crippen LogP contribution < -0.4 is 29.9 Å². The van der Waals surface area contributed by atoms with Crippen LogP contribution in [0.25, 0.3) is 0 Å². The number of anilines is 4. The van der Waals surface area contributed by atoms with Crippen LogP contribution in [-0.2, 0) is 19.1 Å². The molecule has 0 saturated carbocycles. The second-order valence-electron chi connectivity index (χ2n) is 9.06. The van der Waals surface area contributed by atoms with Gasteiger partial charge in [0.05, 0.1) is 57.0 Å². The zero-order valence-electron chi connectivity index (χ0n) is 23.2. The molecule has 0 radical (unpaired) electrons. The van der Waals surface area contributed by atoms with E-state index in [4.69, 9.17) is 18.9 Å². The first-order valence-corrected chi connectivity index (χ1v) is 12.0. The zero-order valence-corrected chi connectivity index (χ0v) is 23.2. The van der Waals surface area contributed by atoms with Crippen molar-refractivity contribution in [3.8, 4) is 11.5 Å². The molecule has 1 unspecified atom stereocenters. The maximum absolute atomic E-state index is 12.9. The molecule has 3 rings (SSSR count). The number of carbonyl (C=O) groups is 2. The molecule has 204 valence electrons. The van der Waals surface area contributed by atoms with Gasteiger partial charge in [0.25, 0.3) is 0 Å². The van der Waals surface area contributed by atoms with Crippen LogP contribution in [0.1, 0.15) is 6.42 Å². The van der Waals surface area contributed by atoms with E-state index in [1.807, 2.05) is 74.4 Å². The van der Waals surface area contributed by atoms with Crippen molar-refractivity contribution in [3.05, 3.63) is 59.3 Å². The van der Waals surface area contributed by atoms with Gasteiger partial charge in [0.1, 0.15) is 11.5 Å². The molecule has 0 bridgehead atoms. The molecule has 0 aliphatic heterocycles. The Hall–Kier alpha value is -4.34. The fourth-order valence-corrected chi connectivity index (χ4v) is 4.11. The number of allylic oxidation sites excluding steroid dienone is 1. The summed E-state index contributed by atoms with van der Waals surface area (Å²) in [5.74, 6) is 0.133. The second-order valence-corrected chi connectivity index (χ2v) is 9.06. The first-order chi connectivity index (χ1) is 18.1. The number of ether oxygens (including phenoxy) is 4. The molecule has 2 aromatic rings. The first kappa shape index (κ1) is 28.2. The van der Waals surface area contributed by atoms with Crippen molar-refractivity contribution in [3.63, 3.8) is 0 Å². The molecule has 0 fully saturated rings. The van der Waals surface area contributed by atoms with Gasteiger partial charge in [-0.3, -0.25) is 0 Å². The molecule has 0 heterocycles. The average molecular weight is 525 g/mol. The predicted octanol–water partition coefficient (Wildman–Crippen LogP) is 3.66. The number of rotatable bonds is 10. The Kier molecular flexibility index (Phi) is 9.11. The number of benzene rings is 2. The van der Waals surface area contributed by atoms with E-state index in [0.29, 0.717) is 39.7 Å². The van der Waals surface area contributed by atoms with Gasteiger partial charge in [0.2, 0.25) is 0 Å². The number of nitrogens with one attached hydrogen (secondary N) is 2. The topological polar surface area (TPSA) is 102 Å². The highest BCUT2D eigenvalue weighted by Gasteiger charge is 2.32. The van der Waals surface area contributed by atoms with Gasteiger partial charge in [-0.15, -0.1) is 0 Å². The third kappa shape index (κ3) is 6.13. The molecule has 0 spiro atoms. The van der Waals surface area contributed by atoms with Crippen molar-refractivity contribution in [2.45, 2.75) is 12.5 Å². The minimum Gasteiger partial charge on any atom is -0.495 e. The smallest absolute Gasteiger partial charge is 0.335 e. The number of esters is 2. The van der Waals surface area contributed by atoms with Crippen LogP contribution in [0.15, 0.2) is 59.3 Å². The summed E-state index contributed by atoms with van der Waals surface area (Å²) in [6.07, 6.45) is 1.77. The van der Waals surface area contributed by atoms with Gasteiger partial charge in [0, 0.05) is 63.8 Å². The lowest BCUT2D eigenvalue weighted by molar-refractivity contribution is -0.138. The van der Waals surface area contributed by atoms with Crippen molar-refractivity contribution in [1.82, 2.24) is 0 Å². The standard InChI is InChI=1S/C28H36N4O6/c1-31(2)17-9-11-21(25(13-17)35-5)29-23-15-20(28(34)38-8)24(16-19(23)27(33)37-7)30-22-12-10-18(32(3)4)14-26(22)36-6/h9-15,24,29-30H,16H2,1-8H3. The highest BCUT2D eigenvalue weighted by molar-refractivity contribution is 5.97. The summed E-state index contributed by atoms with van der Waals surface area (Å²) in [5.41, 5.74) is 4.31. The Morgan fingerprint density at radius 2 is 1.32 bits per heavy atom. The van der Waals surface area contributed by atoms with Crippen molar-refractivity contribution in [1.29, 1.82) is 0 Å². The molecule has 0 amide bonds. The number of nitrogens with zero attached hydrogens (tertiary/aromatic N) is 2. The molecule has 2 N–H and O–H groups in total. The van der Waals surface area contributed by atoms with E-state index in [9.17, 15) is 9.59 Å². The SMILES string of the molecule is COC(=O)C1=CC(Nc2ccc(N(C)C)cc2OC)=C(C(=O)OC)CC1Nc1ccc(N(C)C)cc1OC. The van der Waals surface area contributed by atoms with E-state index in [-0.39, 0.29) is 6.42 Å². The lowest BCUT2D eigenvalue weighted by atomic mass is 9.90. The fraction of sp³-hybridized carbons (Fsp3) is 0.357. The summed E-state index contributed by atoms with van der Waals surface area (Å²) in [4.78, 5) is 29.7. The van der Waals surface area contributed by atoms with Crippen LogP contribution in [0.4, 0.5) is 22.7 Å². The number of carbonyl (C=O) groups excluding carboxylic acids is 2. The quantitative estimate of drug-likeness (QED) is 0.448. The van der Waals surface area contributed by atoms with Crippen molar-refractivity contribution < 1.29 is 28.5 Å². The molecule has 1 aliphatic carbocycles. The fourth-order valence-electron chi connectivity index (χ4n) is 4.11. The Morgan fingerprint density at radius 1 is 0.789 bits per heavy atom. The minimum atomic E-state index is -0.584. The molecule has 10 nitrogen and oxygen atoms in total. The molecule has 0 saturated heterocycles. The summed E-state index contributed by atoms with van der Waals surface area (Å²) in [6.45, 7) is 0. The Morgan fingerprint density at radius 3 is 1.82 bits per heavy atom. The van der Waals surface area contributed by atoms with Gasteiger partial charge < -0.3 is 39.4 Å². The van der Waals surface area contributed by atoms with Crippen LogP contribution in [0.3, 0.4) is 0 Å². The molecule has 2 aromatic carbocycles. The lowest BCUT2D eigenvalue weighted by Crippen LogP contribution is -2.33. The highest BCUT2D eigenvalue weighted by Crippen LogP contribution is 2.36. The van der Waals surface area contributed by atoms with E-state index >= 15 is 0 Å². The van der Waals surface area contributed by atoms with Crippen LogP contribution in [0, 0.1) is 0 Å². The van der Waals surface area contributed by atoms with E-state index in [0.717, 1.165) is 11.4 Å². The van der Waals surface area contributed by atoms with E-state index in [1.165, 1.54) is 14.2 Å². The third-order valence-electron chi connectivity index (χ3n) is 6.26. The summed E-state index contributed by atoms with van der Waals surface area (Å²) >= 11 is 0. The van der Waals surface area contributed by atoms with Crippen molar-refractivity contribution in [2.75, 3.05) is 77.1 Å². The van der Waals surface area contributed by atoms with Crippen LogP contribution in [0.2, 0.25) is 0 Å². The lowest BCUT2D eigenvalue weighted by Gasteiger charge is -2.29. The first-order valence-electron chi connectivity index (χ1n) is 12.0. The Bertz CT molecular complexity index is 1250. The van der Waals surface area contributed by atoms with Gasteiger partial charge in [-0.05, 0) is 30.3 Å². The summed E-state index contributed by atoms with van der Waals surface area (Å²) < 4.78 is 21.4. The van der Waals surface area contributed by atoms with E-state index in [1.54, 1.807) is 20.3 Å². The highest BCUT2D eigenvalue weighted by atomic mass is 16.5. The van der Waals surface area contributed by atoms with E-state index < -0.39 is 18.0 Å². The molecular formula is C28H36N4O6. The number of hydrogen-bond donors (Lipinski definition) is 2. The molecule has 38 heavy (non-hydrogen) atoms. The average Bonchev–Trinajstić information content (AvgIpc) is 2.92. The van der Waals surface area contributed by atoms with Gasteiger partial charge in [0.15, 0.2) is 0 Å². The van der Waals surface area contributed by atoms with Crippen LogP contribution >= 0.6 is 0 Å². The molecular weight excluding hydrogens is 488 g/mol. The van der Waals surface area contributed by atoms with Gasteiger partial charge in [-0.2, -0.15) is 0 Å². The van der Waals surface area contributed by atoms with Crippen LogP contribution in [-0.4, -0.2) is 74.6 Å². The van der Waals surface area contributed by atoms with E-state index in [2.05, 4.69) is 10.6 Å².